The molecule has 2 rings (SSSR count). The minimum atomic E-state index is 0.347. The lowest BCUT2D eigenvalue weighted by Crippen LogP contribution is -2.28. The third-order valence-corrected chi connectivity index (χ3v) is 3.44. The minimum Gasteiger partial charge on any atom is -0.489 e. The molecule has 0 saturated heterocycles. The first-order chi connectivity index (χ1) is 8.17. The smallest absolute Gasteiger partial charge is 0.138 e. The molecule has 1 fully saturated rings. The van der Waals surface area contributed by atoms with Gasteiger partial charge in [-0.15, -0.1) is 0 Å². The average molecular weight is 234 g/mol. The van der Waals surface area contributed by atoms with Crippen LogP contribution >= 0.6 is 0 Å². The van der Waals surface area contributed by atoms with Gasteiger partial charge in [-0.05, 0) is 43.2 Å². The summed E-state index contributed by atoms with van der Waals surface area (Å²) in [6.07, 6.45) is 5.77. The summed E-state index contributed by atoms with van der Waals surface area (Å²) in [5.74, 6) is 2.40. The van der Waals surface area contributed by atoms with Crippen molar-refractivity contribution in [2.24, 2.45) is 17.6 Å². The fourth-order valence-electron chi connectivity index (χ4n) is 2.76. The van der Waals surface area contributed by atoms with Gasteiger partial charge in [0, 0.05) is 6.54 Å². The number of nitrogens with zero attached hydrogens (tertiary/aromatic N) is 1. The lowest BCUT2D eigenvalue weighted by Gasteiger charge is -2.31. The van der Waals surface area contributed by atoms with Gasteiger partial charge in [0.2, 0.25) is 0 Å². The molecule has 0 aliphatic heterocycles. The molecular weight excluding hydrogens is 212 g/mol. The van der Waals surface area contributed by atoms with Crippen LogP contribution in [0.5, 0.6) is 5.75 Å². The molecule has 1 aliphatic rings. The van der Waals surface area contributed by atoms with Gasteiger partial charge in [-0.25, -0.2) is 0 Å². The van der Waals surface area contributed by atoms with Crippen LogP contribution < -0.4 is 10.5 Å². The summed E-state index contributed by atoms with van der Waals surface area (Å²) in [4.78, 5) is 4.25. The van der Waals surface area contributed by atoms with Crippen molar-refractivity contribution < 1.29 is 4.74 Å². The standard InChI is InChI=1S/C14H22N2O/c1-10-5-11(2)7-14(6-10)17-13-4-3-12(8-15)16-9-13/h3-4,9-11,14H,5-8,15H2,1-2H3. The van der Waals surface area contributed by atoms with Gasteiger partial charge in [-0.3, -0.25) is 4.98 Å². The quantitative estimate of drug-likeness (QED) is 0.874. The fraction of sp³-hybridized carbons (Fsp3) is 0.643. The van der Waals surface area contributed by atoms with Gasteiger partial charge in [0.1, 0.15) is 5.75 Å². The Labute approximate surface area is 103 Å². The molecule has 1 saturated carbocycles. The van der Waals surface area contributed by atoms with E-state index in [4.69, 9.17) is 10.5 Å². The predicted octanol–water partition coefficient (Wildman–Crippen LogP) is 2.74. The molecule has 2 N–H and O–H groups in total. The molecule has 0 spiro atoms. The first kappa shape index (κ1) is 12.4. The third kappa shape index (κ3) is 3.43. The van der Waals surface area contributed by atoms with Crippen LogP contribution in [-0.4, -0.2) is 11.1 Å². The van der Waals surface area contributed by atoms with Crippen molar-refractivity contribution in [2.75, 3.05) is 0 Å². The highest BCUT2D eigenvalue weighted by molar-refractivity contribution is 5.20. The summed E-state index contributed by atoms with van der Waals surface area (Å²) in [5, 5.41) is 0. The first-order valence-electron chi connectivity index (χ1n) is 6.49. The van der Waals surface area contributed by atoms with Crippen LogP contribution in [0.3, 0.4) is 0 Å². The molecule has 1 aliphatic carbocycles. The van der Waals surface area contributed by atoms with Crippen LogP contribution in [0.25, 0.3) is 0 Å². The summed E-state index contributed by atoms with van der Waals surface area (Å²) < 4.78 is 5.99. The Bertz CT molecular complexity index is 340. The first-order valence-corrected chi connectivity index (χ1v) is 6.49. The molecule has 1 aromatic heterocycles. The van der Waals surface area contributed by atoms with Crippen molar-refractivity contribution in [1.29, 1.82) is 0 Å². The molecule has 0 radical (unpaired) electrons. The number of hydrogen-bond acceptors (Lipinski definition) is 3. The van der Waals surface area contributed by atoms with Gasteiger partial charge in [-0.1, -0.05) is 13.8 Å². The predicted molar refractivity (Wildman–Crippen MR) is 68.7 cm³/mol. The van der Waals surface area contributed by atoms with Crippen molar-refractivity contribution in [1.82, 2.24) is 4.98 Å². The Morgan fingerprint density at radius 1 is 1.24 bits per heavy atom. The van der Waals surface area contributed by atoms with Crippen LogP contribution in [0.15, 0.2) is 18.3 Å². The maximum Gasteiger partial charge on any atom is 0.138 e. The number of pyridine rings is 1. The summed E-state index contributed by atoms with van der Waals surface area (Å²) in [7, 11) is 0. The number of aromatic nitrogens is 1. The highest BCUT2D eigenvalue weighted by atomic mass is 16.5. The molecule has 0 amide bonds. The average Bonchev–Trinajstić information content (AvgIpc) is 2.28. The van der Waals surface area contributed by atoms with Crippen LogP contribution in [0.4, 0.5) is 0 Å². The van der Waals surface area contributed by atoms with Gasteiger partial charge in [0.25, 0.3) is 0 Å². The third-order valence-electron chi connectivity index (χ3n) is 3.44. The van der Waals surface area contributed by atoms with Crippen molar-refractivity contribution in [3.05, 3.63) is 24.0 Å². The Balaban J connectivity index is 1.95. The van der Waals surface area contributed by atoms with E-state index in [1.54, 1.807) is 6.20 Å². The summed E-state index contributed by atoms with van der Waals surface area (Å²) in [6, 6.07) is 3.91. The van der Waals surface area contributed by atoms with E-state index in [1.165, 1.54) is 6.42 Å². The summed E-state index contributed by atoms with van der Waals surface area (Å²) >= 11 is 0. The molecule has 1 heterocycles. The van der Waals surface area contributed by atoms with Crippen LogP contribution in [0.2, 0.25) is 0 Å². The highest BCUT2D eigenvalue weighted by Gasteiger charge is 2.25. The van der Waals surface area contributed by atoms with E-state index < -0.39 is 0 Å². The normalized spacial score (nSPS) is 29.0. The second-order valence-electron chi connectivity index (χ2n) is 5.35. The van der Waals surface area contributed by atoms with Gasteiger partial charge in [0.05, 0.1) is 18.0 Å². The second-order valence-corrected chi connectivity index (χ2v) is 5.35. The molecule has 1 aromatic rings. The van der Waals surface area contributed by atoms with Gasteiger partial charge >= 0.3 is 0 Å². The maximum atomic E-state index is 5.99. The Morgan fingerprint density at radius 2 is 1.94 bits per heavy atom. The topological polar surface area (TPSA) is 48.1 Å². The van der Waals surface area contributed by atoms with E-state index in [0.29, 0.717) is 12.6 Å². The zero-order chi connectivity index (χ0) is 12.3. The lowest BCUT2D eigenvalue weighted by atomic mass is 9.82. The molecule has 94 valence electrons. The molecule has 17 heavy (non-hydrogen) atoms. The van der Waals surface area contributed by atoms with Crippen molar-refractivity contribution in [3.8, 4) is 5.75 Å². The van der Waals surface area contributed by atoms with E-state index >= 15 is 0 Å². The second kappa shape index (κ2) is 5.50. The number of rotatable bonds is 3. The van der Waals surface area contributed by atoms with Crippen LogP contribution in [-0.2, 0) is 6.54 Å². The van der Waals surface area contributed by atoms with Crippen molar-refractivity contribution >= 4 is 0 Å². The van der Waals surface area contributed by atoms with E-state index in [1.807, 2.05) is 12.1 Å². The van der Waals surface area contributed by atoms with E-state index in [0.717, 1.165) is 36.1 Å². The highest BCUT2D eigenvalue weighted by Crippen LogP contribution is 2.31. The van der Waals surface area contributed by atoms with Crippen LogP contribution in [0, 0.1) is 11.8 Å². The van der Waals surface area contributed by atoms with Crippen molar-refractivity contribution in [3.63, 3.8) is 0 Å². The monoisotopic (exact) mass is 234 g/mol. The van der Waals surface area contributed by atoms with Gasteiger partial charge in [-0.2, -0.15) is 0 Å². The largest absolute Gasteiger partial charge is 0.489 e. The van der Waals surface area contributed by atoms with E-state index in [-0.39, 0.29) is 0 Å². The minimum absolute atomic E-state index is 0.347. The number of ether oxygens (including phenoxy) is 1. The summed E-state index contributed by atoms with van der Waals surface area (Å²) in [6.45, 7) is 5.10. The van der Waals surface area contributed by atoms with Gasteiger partial charge in [0.15, 0.2) is 0 Å². The zero-order valence-electron chi connectivity index (χ0n) is 10.7. The Hall–Kier alpha value is -1.09. The molecular formula is C14H22N2O. The lowest BCUT2D eigenvalue weighted by molar-refractivity contribution is 0.101. The zero-order valence-corrected chi connectivity index (χ0v) is 10.7. The van der Waals surface area contributed by atoms with E-state index in [9.17, 15) is 0 Å². The van der Waals surface area contributed by atoms with Crippen LogP contribution in [0.1, 0.15) is 38.8 Å². The molecule has 2 atom stereocenters. The molecule has 3 heteroatoms. The van der Waals surface area contributed by atoms with E-state index in [2.05, 4.69) is 18.8 Å². The molecule has 0 aromatic carbocycles. The molecule has 2 unspecified atom stereocenters. The Kier molecular flexibility index (Phi) is 4.00. The van der Waals surface area contributed by atoms with Crippen molar-refractivity contribution in [2.45, 2.75) is 45.8 Å². The fourth-order valence-corrected chi connectivity index (χ4v) is 2.76. The number of nitrogens with two attached hydrogens (primary N) is 1. The Morgan fingerprint density at radius 3 is 2.47 bits per heavy atom. The molecule has 3 nitrogen and oxygen atoms in total. The summed E-state index contributed by atoms with van der Waals surface area (Å²) in [5.41, 5.74) is 6.42. The molecule has 0 bridgehead atoms. The maximum absolute atomic E-state index is 5.99. The number of hydrogen-bond donors (Lipinski definition) is 1. The SMILES string of the molecule is CC1CC(C)CC(Oc2ccc(CN)nc2)C1. The van der Waals surface area contributed by atoms with Gasteiger partial charge < -0.3 is 10.5 Å².